The number of ether oxygens (including phenoxy) is 2. The van der Waals surface area contributed by atoms with Crippen molar-refractivity contribution in [3.63, 3.8) is 0 Å². The van der Waals surface area contributed by atoms with E-state index in [2.05, 4.69) is 10.4 Å². The molecule has 2 aromatic heterocycles. The van der Waals surface area contributed by atoms with Crippen LogP contribution in [0.3, 0.4) is 0 Å². The second-order valence-corrected chi connectivity index (χ2v) is 6.47. The van der Waals surface area contributed by atoms with Crippen molar-refractivity contribution >= 4 is 40.2 Å². The number of carboxylic acids is 1. The number of aliphatic carboxylic acids is 1. The van der Waals surface area contributed by atoms with Gasteiger partial charge >= 0.3 is 17.9 Å². The molecule has 0 spiro atoms. The molecule has 0 aliphatic heterocycles. The Bertz CT molecular complexity index is 916. The molecule has 11 heteroatoms. The standard InChI is InChI=1S/C17H19N3O7S/c1-4-26-16(24)12-9(3)13(17(25)27-5-2)28-15(12)18-14(23)10-6-7-20(19-10)8-11(21)22/h6-7H,4-5,8H2,1-3H3,(H,18,23)(H,21,22). The fourth-order valence-corrected chi connectivity index (χ4v) is 3.40. The minimum atomic E-state index is -1.10. The molecule has 2 heterocycles. The van der Waals surface area contributed by atoms with E-state index in [9.17, 15) is 19.2 Å². The Morgan fingerprint density at radius 1 is 1.18 bits per heavy atom. The van der Waals surface area contributed by atoms with Gasteiger partial charge in [0.2, 0.25) is 0 Å². The van der Waals surface area contributed by atoms with Crippen molar-refractivity contribution in [2.75, 3.05) is 18.5 Å². The summed E-state index contributed by atoms with van der Waals surface area (Å²) in [4.78, 5) is 47.8. The first-order chi connectivity index (χ1) is 13.3. The summed E-state index contributed by atoms with van der Waals surface area (Å²) in [6.07, 6.45) is 1.35. The van der Waals surface area contributed by atoms with Crippen molar-refractivity contribution in [2.45, 2.75) is 27.3 Å². The van der Waals surface area contributed by atoms with Gasteiger partial charge in [-0.15, -0.1) is 11.3 Å². The largest absolute Gasteiger partial charge is 0.480 e. The molecule has 150 valence electrons. The summed E-state index contributed by atoms with van der Waals surface area (Å²) in [6, 6.07) is 1.34. The number of rotatable bonds is 8. The molecule has 0 atom stereocenters. The highest BCUT2D eigenvalue weighted by Gasteiger charge is 2.27. The smallest absolute Gasteiger partial charge is 0.348 e. The zero-order chi connectivity index (χ0) is 20.8. The van der Waals surface area contributed by atoms with Gasteiger partial charge in [-0.05, 0) is 32.4 Å². The molecule has 28 heavy (non-hydrogen) atoms. The first-order valence-electron chi connectivity index (χ1n) is 8.32. The van der Waals surface area contributed by atoms with E-state index in [1.165, 1.54) is 12.3 Å². The zero-order valence-corrected chi connectivity index (χ0v) is 16.3. The third-order valence-corrected chi connectivity index (χ3v) is 4.67. The molecule has 0 aromatic carbocycles. The molecule has 0 aliphatic carbocycles. The Labute approximate surface area is 164 Å². The van der Waals surface area contributed by atoms with Gasteiger partial charge < -0.3 is 19.9 Å². The molecule has 0 fully saturated rings. The Balaban J connectivity index is 2.34. The van der Waals surface area contributed by atoms with Crippen LogP contribution in [0.5, 0.6) is 0 Å². The lowest BCUT2D eigenvalue weighted by Crippen LogP contribution is -2.16. The summed E-state index contributed by atoms with van der Waals surface area (Å²) in [5.41, 5.74) is 0.363. The number of hydrogen-bond acceptors (Lipinski definition) is 8. The molecule has 2 aromatic rings. The summed E-state index contributed by atoms with van der Waals surface area (Å²) >= 11 is 0.893. The quantitative estimate of drug-likeness (QED) is 0.631. The molecule has 2 N–H and O–H groups in total. The highest BCUT2D eigenvalue weighted by atomic mass is 32.1. The Morgan fingerprint density at radius 2 is 1.82 bits per heavy atom. The van der Waals surface area contributed by atoms with Gasteiger partial charge in [0, 0.05) is 6.20 Å². The normalized spacial score (nSPS) is 10.4. The first kappa shape index (κ1) is 21.1. The van der Waals surface area contributed by atoms with Gasteiger partial charge in [0.1, 0.15) is 16.4 Å². The molecule has 0 unspecified atom stereocenters. The monoisotopic (exact) mass is 409 g/mol. The highest BCUT2D eigenvalue weighted by molar-refractivity contribution is 7.18. The number of anilines is 1. The topological polar surface area (TPSA) is 137 Å². The van der Waals surface area contributed by atoms with Crippen LogP contribution in [-0.4, -0.2) is 51.9 Å². The molecule has 0 saturated heterocycles. The maximum absolute atomic E-state index is 12.5. The van der Waals surface area contributed by atoms with Crippen LogP contribution in [-0.2, 0) is 20.8 Å². The van der Waals surface area contributed by atoms with E-state index in [-0.39, 0.29) is 34.3 Å². The van der Waals surface area contributed by atoms with Crippen molar-refractivity contribution in [2.24, 2.45) is 0 Å². The number of amides is 1. The Morgan fingerprint density at radius 3 is 2.43 bits per heavy atom. The number of carboxylic acid groups (broad SMARTS) is 1. The average Bonchev–Trinajstić information content (AvgIpc) is 3.19. The molecule has 10 nitrogen and oxygen atoms in total. The number of carbonyl (C=O) groups is 4. The highest BCUT2D eigenvalue weighted by Crippen LogP contribution is 2.34. The van der Waals surface area contributed by atoms with E-state index in [0.717, 1.165) is 16.0 Å². The van der Waals surface area contributed by atoms with E-state index in [1.54, 1.807) is 20.8 Å². The van der Waals surface area contributed by atoms with Crippen molar-refractivity contribution in [1.29, 1.82) is 0 Å². The number of esters is 2. The zero-order valence-electron chi connectivity index (χ0n) is 15.5. The van der Waals surface area contributed by atoms with E-state index < -0.39 is 30.4 Å². The minimum Gasteiger partial charge on any atom is -0.480 e. The van der Waals surface area contributed by atoms with Gasteiger partial charge in [-0.3, -0.25) is 14.3 Å². The van der Waals surface area contributed by atoms with Gasteiger partial charge in [-0.25, -0.2) is 9.59 Å². The number of hydrogen-bond donors (Lipinski definition) is 2. The lowest BCUT2D eigenvalue weighted by molar-refractivity contribution is -0.137. The molecular weight excluding hydrogens is 390 g/mol. The van der Waals surface area contributed by atoms with Crippen LogP contribution >= 0.6 is 11.3 Å². The van der Waals surface area contributed by atoms with Crippen molar-refractivity contribution in [3.05, 3.63) is 34.0 Å². The van der Waals surface area contributed by atoms with Crippen molar-refractivity contribution < 1.29 is 33.8 Å². The van der Waals surface area contributed by atoms with Crippen LogP contribution in [0.4, 0.5) is 5.00 Å². The fourth-order valence-electron chi connectivity index (χ4n) is 2.32. The number of thiophene rings is 1. The lowest BCUT2D eigenvalue weighted by atomic mass is 10.1. The molecule has 0 radical (unpaired) electrons. The van der Waals surface area contributed by atoms with Crippen molar-refractivity contribution in [1.82, 2.24) is 9.78 Å². The molecule has 0 saturated carbocycles. The molecule has 1 amide bonds. The van der Waals surface area contributed by atoms with Crippen LogP contribution in [0.1, 0.15) is 49.9 Å². The van der Waals surface area contributed by atoms with Gasteiger partial charge in [-0.1, -0.05) is 0 Å². The summed E-state index contributed by atoms with van der Waals surface area (Å²) in [5.74, 6) is -3.06. The average molecular weight is 409 g/mol. The van der Waals surface area contributed by atoms with Crippen LogP contribution in [0.2, 0.25) is 0 Å². The lowest BCUT2D eigenvalue weighted by Gasteiger charge is -2.06. The summed E-state index contributed by atoms with van der Waals surface area (Å²) in [7, 11) is 0. The Hall–Kier alpha value is -3.21. The summed E-state index contributed by atoms with van der Waals surface area (Å²) in [6.45, 7) is 4.74. The number of nitrogens with one attached hydrogen (secondary N) is 1. The maximum atomic E-state index is 12.5. The van der Waals surface area contributed by atoms with Gasteiger partial charge in [0.25, 0.3) is 5.91 Å². The number of carbonyl (C=O) groups excluding carboxylic acids is 3. The minimum absolute atomic E-state index is 0.0419. The molecular formula is C17H19N3O7S. The maximum Gasteiger partial charge on any atom is 0.348 e. The van der Waals surface area contributed by atoms with Gasteiger partial charge in [0.15, 0.2) is 5.69 Å². The van der Waals surface area contributed by atoms with E-state index >= 15 is 0 Å². The van der Waals surface area contributed by atoms with E-state index in [0.29, 0.717) is 5.56 Å². The third-order valence-electron chi connectivity index (χ3n) is 3.48. The first-order valence-corrected chi connectivity index (χ1v) is 9.14. The SMILES string of the molecule is CCOC(=O)c1sc(NC(=O)c2ccn(CC(=O)O)n2)c(C(=O)OCC)c1C. The van der Waals surface area contributed by atoms with Crippen LogP contribution in [0, 0.1) is 6.92 Å². The van der Waals surface area contributed by atoms with E-state index in [1.807, 2.05) is 0 Å². The fraction of sp³-hybridized carbons (Fsp3) is 0.353. The molecule has 2 rings (SSSR count). The van der Waals surface area contributed by atoms with Crippen LogP contribution in [0.15, 0.2) is 12.3 Å². The Kier molecular flexibility index (Phi) is 6.88. The summed E-state index contributed by atoms with van der Waals surface area (Å²) in [5, 5.41) is 15.3. The second kappa shape index (κ2) is 9.13. The number of nitrogens with zero attached hydrogens (tertiary/aromatic N) is 2. The molecule has 0 bridgehead atoms. The van der Waals surface area contributed by atoms with Gasteiger partial charge in [0.05, 0.1) is 18.8 Å². The second-order valence-electron chi connectivity index (χ2n) is 5.45. The van der Waals surface area contributed by atoms with Gasteiger partial charge in [-0.2, -0.15) is 5.10 Å². The predicted octanol–water partition coefficient (Wildman–Crippen LogP) is 1.94. The van der Waals surface area contributed by atoms with Crippen LogP contribution in [0.25, 0.3) is 0 Å². The third kappa shape index (κ3) is 4.74. The predicted molar refractivity (Wildman–Crippen MR) is 98.8 cm³/mol. The van der Waals surface area contributed by atoms with E-state index in [4.69, 9.17) is 14.6 Å². The number of aromatic nitrogens is 2. The molecule has 0 aliphatic rings. The summed E-state index contributed by atoms with van der Waals surface area (Å²) < 4.78 is 11.1. The van der Waals surface area contributed by atoms with Crippen LogP contribution < -0.4 is 5.32 Å². The van der Waals surface area contributed by atoms with Crippen molar-refractivity contribution in [3.8, 4) is 0 Å².